The number of fused-ring (bicyclic) bond motifs is 9. The third-order valence-electron chi connectivity index (χ3n) is 7.27. The maximum atomic E-state index is 5.22. The lowest BCUT2D eigenvalue weighted by Crippen LogP contribution is -2.20. The van der Waals surface area contributed by atoms with Crippen LogP contribution in [0.1, 0.15) is 0 Å². The van der Waals surface area contributed by atoms with E-state index in [0.717, 1.165) is 27.6 Å². The second kappa shape index (κ2) is 8.44. The van der Waals surface area contributed by atoms with Crippen LogP contribution in [0.2, 0.25) is 0 Å². The predicted octanol–water partition coefficient (Wildman–Crippen LogP) is 6.50. The second-order valence-electron chi connectivity index (χ2n) is 9.43. The second-order valence-corrected chi connectivity index (χ2v) is 11.6. The van der Waals surface area contributed by atoms with Crippen LogP contribution in [0.5, 0.6) is 0 Å². The van der Waals surface area contributed by atoms with E-state index in [9.17, 15) is 0 Å². The fraction of sp³-hybridized carbons (Fsp3) is 0. The molecule has 5 heteroatoms. The SMILES string of the molecule is c1cnc2cc(P(c3ccncc3)c3ccc4c(c3)nc3c5ccccc5c5ccccc5n43)ccc2c1. The van der Waals surface area contributed by atoms with Crippen LogP contribution in [-0.4, -0.2) is 19.4 Å². The van der Waals surface area contributed by atoms with Crippen molar-refractivity contribution in [2.75, 3.05) is 0 Å². The van der Waals surface area contributed by atoms with E-state index in [2.05, 4.69) is 117 Å². The third-order valence-corrected chi connectivity index (χ3v) is 9.67. The van der Waals surface area contributed by atoms with E-state index in [-0.39, 0.29) is 0 Å². The van der Waals surface area contributed by atoms with Crippen LogP contribution in [0, 0.1) is 0 Å². The number of pyridine rings is 3. The summed E-state index contributed by atoms with van der Waals surface area (Å²) in [7, 11) is -0.820. The fourth-order valence-electron chi connectivity index (χ4n) is 5.58. The van der Waals surface area contributed by atoms with E-state index in [1.54, 1.807) is 0 Å². The highest BCUT2D eigenvalue weighted by atomic mass is 31.1. The zero-order valence-corrected chi connectivity index (χ0v) is 21.3. The molecule has 0 aliphatic rings. The van der Waals surface area contributed by atoms with Gasteiger partial charge in [-0.1, -0.05) is 66.7 Å². The number of rotatable bonds is 3. The van der Waals surface area contributed by atoms with Crippen molar-refractivity contribution in [3.8, 4) is 0 Å². The molecule has 4 heterocycles. The predicted molar refractivity (Wildman–Crippen MR) is 160 cm³/mol. The molecule has 178 valence electrons. The molecule has 1 unspecified atom stereocenters. The first-order valence-electron chi connectivity index (χ1n) is 12.6. The van der Waals surface area contributed by atoms with Crippen molar-refractivity contribution in [2.45, 2.75) is 0 Å². The van der Waals surface area contributed by atoms with Crippen LogP contribution in [0.15, 0.2) is 128 Å². The Bertz CT molecular complexity index is 2150. The molecule has 0 N–H and O–H groups in total. The van der Waals surface area contributed by atoms with Gasteiger partial charge in [0.2, 0.25) is 0 Å². The lowest BCUT2D eigenvalue weighted by atomic mass is 10.1. The zero-order chi connectivity index (χ0) is 25.1. The zero-order valence-electron chi connectivity index (χ0n) is 20.4. The largest absolute Gasteiger partial charge is 0.292 e. The summed E-state index contributed by atoms with van der Waals surface area (Å²) in [6.45, 7) is 0. The molecular formula is C33H21N4P. The van der Waals surface area contributed by atoms with Crippen LogP contribution in [0.3, 0.4) is 0 Å². The van der Waals surface area contributed by atoms with E-state index in [1.165, 1.54) is 37.6 Å². The summed E-state index contributed by atoms with van der Waals surface area (Å²) in [4.78, 5) is 14.1. The molecule has 4 aromatic heterocycles. The first kappa shape index (κ1) is 21.4. The summed E-state index contributed by atoms with van der Waals surface area (Å²) < 4.78 is 2.31. The third kappa shape index (κ3) is 3.24. The molecule has 0 saturated heterocycles. The minimum atomic E-state index is -0.820. The normalized spacial score (nSPS) is 12.6. The van der Waals surface area contributed by atoms with Gasteiger partial charge in [-0.05, 0) is 71.7 Å². The Balaban J connectivity index is 1.41. The first-order valence-corrected chi connectivity index (χ1v) is 14.0. The highest BCUT2D eigenvalue weighted by molar-refractivity contribution is 7.79. The van der Waals surface area contributed by atoms with Crippen LogP contribution < -0.4 is 15.9 Å². The number of hydrogen-bond donors (Lipinski definition) is 0. The topological polar surface area (TPSA) is 43.1 Å². The van der Waals surface area contributed by atoms with Crippen molar-refractivity contribution < 1.29 is 0 Å². The Morgan fingerprint density at radius 3 is 2.13 bits per heavy atom. The maximum Gasteiger partial charge on any atom is 0.146 e. The molecule has 0 fully saturated rings. The summed E-state index contributed by atoms with van der Waals surface area (Å²) in [6, 6.07) is 39.0. The average Bonchev–Trinajstić information content (AvgIpc) is 3.37. The Kier molecular flexibility index (Phi) is 4.76. The minimum Gasteiger partial charge on any atom is -0.292 e. The van der Waals surface area contributed by atoms with Crippen LogP contribution >= 0.6 is 7.92 Å². The Morgan fingerprint density at radius 1 is 0.526 bits per heavy atom. The number of para-hydroxylation sites is 1. The van der Waals surface area contributed by atoms with Gasteiger partial charge in [-0.25, -0.2) is 4.98 Å². The molecule has 0 amide bonds. The lowest BCUT2D eigenvalue weighted by molar-refractivity contribution is 1.31. The van der Waals surface area contributed by atoms with Gasteiger partial charge in [0.25, 0.3) is 0 Å². The molecule has 0 bridgehead atoms. The standard InChI is InChI=1S/C33H21N4P/c1-2-9-28-26(7-1)27-8-3-4-10-31(27)37-32-14-13-25(21-30(32)36-33(28)37)38(23-15-18-34-19-16-23)24-12-11-22-6-5-17-35-29(22)20-24/h1-21H. The summed E-state index contributed by atoms with van der Waals surface area (Å²) in [6.07, 6.45) is 5.62. The molecule has 1 atom stereocenters. The Labute approximate surface area is 220 Å². The maximum absolute atomic E-state index is 5.22. The molecule has 0 aliphatic carbocycles. The molecule has 0 aliphatic heterocycles. The molecule has 8 rings (SSSR count). The number of nitrogens with zero attached hydrogens (tertiary/aromatic N) is 4. The highest BCUT2D eigenvalue weighted by Gasteiger charge is 2.20. The molecule has 4 nitrogen and oxygen atoms in total. The Hall–Kier alpha value is -4.66. The van der Waals surface area contributed by atoms with Gasteiger partial charge in [0, 0.05) is 34.7 Å². The molecular weight excluding hydrogens is 483 g/mol. The quantitative estimate of drug-likeness (QED) is 0.204. The van der Waals surface area contributed by atoms with E-state index < -0.39 is 7.92 Å². The highest BCUT2D eigenvalue weighted by Crippen LogP contribution is 2.36. The number of benzene rings is 4. The van der Waals surface area contributed by atoms with Gasteiger partial charge >= 0.3 is 0 Å². The van der Waals surface area contributed by atoms with Gasteiger partial charge in [0.15, 0.2) is 0 Å². The molecule has 0 radical (unpaired) electrons. The molecule has 0 saturated carbocycles. The van der Waals surface area contributed by atoms with Crippen molar-refractivity contribution in [3.05, 3.63) is 128 Å². The smallest absolute Gasteiger partial charge is 0.146 e. The van der Waals surface area contributed by atoms with Crippen molar-refractivity contribution >= 4 is 73.1 Å². The first-order chi connectivity index (χ1) is 18.8. The minimum absolute atomic E-state index is 0.820. The van der Waals surface area contributed by atoms with Gasteiger partial charge < -0.3 is 0 Å². The Morgan fingerprint density at radius 2 is 1.26 bits per heavy atom. The van der Waals surface area contributed by atoms with Crippen LogP contribution in [-0.2, 0) is 0 Å². The summed E-state index contributed by atoms with van der Waals surface area (Å²) >= 11 is 0. The summed E-state index contributed by atoms with van der Waals surface area (Å²) in [5.74, 6) is 0. The summed E-state index contributed by atoms with van der Waals surface area (Å²) in [5.41, 5.74) is 5.31. The van der Waals surface area contributed by atoms with Crippen molar-refractivity contribution in [3.63, 3.8) is 0 Å². The van der Waals surface area contributed by atoms with Crippen molar-refractivity contribution in [1.82, 2.24) is 19.4 Å². The van der Waals surface area contributed by atoms with Gasteiger partial charge in [0.05, 0.1) is 22.1 Å². The number of aromatic nitrogens is 4. The lowest BCUT2D eigenvalue weighted by Gasteiger charge is -2.19. The van der Waals surface area contributed by atoms with Gasteiger partial charge in [-0.3, -0.25) is 14.4 Å². The average molecular weight is 505 g/mol. The van der Waals surface area contributed by atoms with Crippen molar-refractivity contribution in [1.29, 1.82) is 0 Å². The van der Waals surface area contributed by atoms with Gasteiger partial charge in [0.1, 0.15) is 5.65 Å². The number of hydrogen-bond acceptors (Lipinski definition) is 3. The van der Waals surface area contributed by atoms with E-state index in [4.69, 9.17) is 4.98 Å². The summed E-state index contributed by atoms with van der Waals surface area (Å²) in [5, 5.41) is 8.55. The van der Waals surface area contributed by atoms with Crippen LogP contribution in [0.4, 0.5) is 0 Å². The van der Waals surface area contributed by atoms with Crippen LogP contribution in [0.25, 0.3) is 49.3 Å². The fourth-order valence-corrected chi connectivity index (χ4v) is 7.85. The van der Waals surface area contributed by atoms with E-state index in [1.807, 2.05) is 24.7 Å². The van der Waals surface area contributed by atoms with Gasteiger partial charge in [-0.2, -0.15) is 0 Å². The van der Waals surface area contributed by atoms with E-state index >= 15 is 0 Å². The number of imidazole rings is 1. The van der Waals surface area contributed by atoms with Gasteiger partial charge in [-0.15, -0.1) is 0 Å². The molecule has 8 aromatic rings. The molecule has 0 spiro atoms. The van der Waals surface area contributed by atoms with Crippen molar-refractivity contribution in [2.24, 2.45) is 0 Å². The molecule has 4 aromatic carbocycles. The van der Waals surface area contributed by atoms with E-state index in [0.29, 0.717) is 0 Å². The molecule has 38 heavy (non-hydrogen) atoms. The monoisotopic (exact) mass is 504 g/mol.